The number of nitrogens with zero attached hydrogens (tertiary/aromatic N) is 3. The van der Waals surface area contributed by atoms with Gasteiger partial charge in [-0.3, -0.25) is 14.2 Å². The van der Waals surface area contributed by atoms with Crippen LogP contribution in [0.15, 0.2) is 55.8 Å². The number of aryl methyl sites for hydroxylation is 3. The third-order valence-corrected chi connectivity index (χ3v) is 6.53. The number of carbonyl (C=O) groups excluding carboxylic acids is 1. The third-order valence-electron chi connectivity index (χ3n) is 4.44. The Morgan fingerprint density at radius 2 is 2.17 bits per heavy atom. The number of nitrogens with one attached hydrogen (secondary N) is 1. The van der Waals surface area contributed by atoms with E-state index in [1.807, 2.05) is 30.3 Å². The molecule has 1 aliphatic rings. The van der Waals surface area contributed by atoms with Crippen LogP contribution in [0.25, 0.3) is 0 Å². The first-order valence-electron chi connectivity index (χ1n) is 9.26. The molecule has 2 aromatic heterocycles. The van der Waals surface area contributed by atoms with Crippen molar-refractivity contribution in [2.75, 3.05) is 16.8 Å². The monoisotopic (exact) mass is 428 g/mol. The average Bonchev–Trinajstić information content (AvgIpc) is 3.35. The highest BCUT2D eigenvalue weighted by Crippen LogP contribution is 2.28. The summed E-state index contributed by atoms with van der Waals surface area (Å²) in [4.78, 5) is 30.7. The lowest BCUT2D eigenvalue weighted by molar-refractivity contribution is -0.113. The Kier molecular flexibility index (Phi) is 6.05. The van der Waals surface area contributed by atoms with Crippen molar-refractivity contribution in [1.82, 2.24) is 14.7 Å². The molecule has 0 saturated heterocycles. The summed E-state index contributed by atoms with van der Waals surface area (Å²) in [7, 11) is 0. The summed E-state index contributed by atoms with van der Waals surface area (Å²) >= 11 is 2.83. The van der Waals surface area contributed by atoms with Crippen molar-refractivity contribution in [3.8, 4) is 0 Å². The summed E-state index contributed by atoms with van der Waals surface area (Å²) in [6.45, 7) is 2.28. The van der Waals surface area contributed by atoms with Crippen LogP contribution in [0.5, 0.6) is 0 Å². The molecule has 1 N–H and O–H groups in total. The minimum Gasteiger partial charge on any atom is -0.360 e. The van der Waals surface area contributed by atoms with Gasteiger partial charge in [0.15, 0.2) is 11.0 Å². The lowest BCUT2D eigenvalue weighted by atomic mass is 10.1. The van der Waals surface area contributed by atoms with Gasteiger partial charge in [-0.05, 0) is 18.9 Å². The van der Waals surface area contributed by atoms with Crippen LogP contribution in [0.2, 0.25) is 0 Å². The van der Waals surface area contributed by atoms with Crippen LogP contribution < -0.4 is 10.9 Å². The molecular weight excluding hydrogens is 408 g/mol. The van der Waals surface area contributed by atoms with Crippen molar-refractivity contribution in [3.05, 3.63) is 63.8 Å². The number of rotatable bonds is 7. The minimum atomic E-state index is -0.220. The minimum absolute atomic E-state index is 0.0107. The number of hydrogen-bond acceptors (Lipinski definition) is 7. The molecule has 0 spiro atoms. The normalized spacial score (nSPS) is 12.7. The number of hydrogen-bond donors (Lipinski definition) is 1. The maximum Gasteiger partial charge on any atom is 0.268 e. The first-order valence-corrected chi connectivity index (χ1v) is 11.2. The number of fused-ring (bicyclic) bond motifs is 1. The molecule has 0 aliphatic carbocycles. The van der Waals surface area contributed by atoms with Crippen LogP contribution in [0, 0.1) is 6.92 Å². The van der Waals surface area contributed by atoms with Crippen LogP contribution >= 0.6 is 23.5 Å². The van der Waals surface area contributed by atoms with E-state index >= 15 is 0 Å². The summed E-state index contributed by atoms with van der Waals surface area (Å²) in [6, 6.07) is 11.7. The van der Waals surface area contributed by atoms with Gasteiger partial charge in [0.05, 0.1) is 16.3 Å². The third kappa shape index (κ3) is 4.73. The van der Waals surface area contributed by atoms with Gasteiger partial charge in [-0.2, -0.15) is 0 Å². The summed E-state index contributed by atoms with van der Waals surface area (Å²) in [6.07, 6.45) is 1.51. The summed E-state index contributed by atoms with van der Waals surface area (Å²) in [5.74, 6) is 1.79. The van der Waals surface area contributed by atoms with Gasteiger partial charge < -0.3 is 9.84 Å². The van der Waals surface area contributed by atoms with Gasteiger partial charge >= 0.3 is 0 Å². The quantitative estimate of drug-likeness (QED) is 0.457. The van der Waals surface area contributed by atoms with Crippen molar-refractivity contribution in [2.45, 2.75) is 36.4 Å². The smallest absolute Gasteiger partial charge is 0.268 e. The van der Waals surface area contributed by atoms with E-state index in [1.54, 1.807) is 29.3 Å². The van der Waals surface area contributed by atoms with Gasteiger partial charge in [-0.1, -0.05) is 47.3 Å². The largest absolute Gasteiger partial charge is 0.360 e. The number of benzene rings is 1. The molecule has 4 rings (SSSR count). The Morgan fingerprint density at radius 1 is 1.34 bits per heavy atom. The summed E-state index contributed by atoms with van der Waals surface area (Å²) < 4.78 is 6.65. The Balaban J connectivity index is 1.51. The van der Waals surface area contributed by atoms with Crippen molar-refractivity contribution < 1.29 is 9.32 Å². The SMILES string of the molecule is Cc1cc(NC(=O)CSc2nc3c(c(=O)n2CCc2ccccc2)SCC3)no1. The lowest BCUT2D eigenvalue weighted by Crippen LogP contribution is -2.27. The highest BCUT2D eigenvalue weighted by atomic mass is 32.2. The number of anilines is 1. The Labute approximate surface area is 176 Å². The second-order valence-corrected chi connectivity index (χ2v) is 8.67. The first kappa shape index (κ1) is 19.8. The number of thioether (sulfide) groups is 2. The van der Waals surface area contributed by atoms with Gasteiger partial charge in [-0.25, -0.2) is 4.98 Å². The predicted octanol–water partition coefficient (Wildman–Crippen LogP) is 3.16. The van der Waals surface area contributed by atoms with Crippen LogP contribution in [0.4, 0.5) is 5.82 Å². The molecule has 1 amide bonds. The second-order valence-electron chi connectivity index (χ2n) is 6.62. The molecular formula is C20H20N4O3S2. The van der Waals surface area contributed by atoms with Crippen molar-refractivity contribution >= 4 is 35.2 Å². The second kappa shape index (κ2) is 8.87. The van der Waals surface area contributed by atoms with E-state index < -0.39 is 0 Å². The van der Waals surface area contributed by atoms with Gasteiger partial charge in [0.2, 0.25) is 5.91 Å². The molecule has 0 radical (unpaired) electrons. The van der Waals surface area contributed by atoms with E-state index in [2.05, 4.69) is 10.5 Å². The molecule has 0 bridgehead atoms. The molecule has 0 atom stereocenters. The number of aromatic nitrogens is 3. The Hall–Kier alpha value is -2.52. The summed E-state index contributed by atoms with van der Waals surface area (Å²) in [5, 5.41) is 7.04. The average molecular weight is 429 g/mol. The maximum absolute atomic E-state index is 13.0. The van der Waals surface area contributed by atoms with Crippen LogP contribution in [-0.4, -0.2) is 32.1 Å². The van der Waals surface area contributed by atoms with E-state index in [9.17, 15) is 9.59 Å². The van der Waals surface area contributed by atoms with Crippen molar-refractivity contribution in [2.24, 2.45) is 0 Å². The molecule has 0 fully saturated rings. The molecule has 3 heterocycles. The van der Waals surface area contributed by atoms with E-state index in [-0.39, 0.29) is 17.2 Å². The lowest BCUT2D eigenvalue weighted by Gasteiger charge is -2.13. The van der Waals surface area contributed by atoms with Gasteiger partial charge in [0.25, 0.3) is 5.56 Å². The van der Waals surface area contributed by atoms with Crippen molar-refractivity contribution in [3.63, 3.8) is 0 Å². The molecule has 0 saturated carbocycles. The number of carbonyl (C=O) groups is 1. The Morgan fingerprint density at radius 3 is 2.93 bits per heavy atom. The first-order chi connectivity index (χ1) is 14.1. The zero-order chi connectivity index (χ0) is 20.2. The van der Waals surface area contributed by atoms with Crippen LogP contribution in [-0.2, 0) is 24.2 Å². The molecule has 1 aromatic carbocycles. The molecule has 9 heteroatoms. The van der Waals surface area contributed by atoms with E-state index in [0.717, 1.165) is 34.7 Å². The van der Waals surface area contributed by atoms with E-state index in [0.29, 0.717) is 23.3 Å². The van der Waals surface area contributed by atoms with Gasteiger partial charge in [0.1, 0.15) is 5.76 Å². The highest BCUT2D eigenvalue weighted by molar-refractivity contribution is 8.00. The highest BCUT2D eigenvalue weighted by Gasteiger charge is 2.22. The van der Waals surface area contributed by atoms with Gasteiger partial charge in [0, 0.05) is 24.8 Å². The standard InChI is InChI=1S/C20H20N4O3S2/c1-13-11-16(23-27-13)22-17(25)12-29-20-21-15-8-10-28-18(15)19(26)24(20)9-7-14-5-3-2-4-6-14/h2-6,11H,7-10,12H2,1H3,(H,22,23,25). The molecule has 3 aromatic rings. The molecule has 1 aliphatic heterocycles. The van der Waals surface area contributed by atoms with E-state index in [4.69, 9.17) is 9.51 Å². The zero-order valence-electron chi connectivity index (χ0n) is 15.9. The summed E-state index contributed by atoms with van der Waals surface area (Å²) in [5.41, 5.74) is 1.98. The fraction of sp³-hybridized carbons (Fsp3) is 0.300. The Bertz CT molecular complexity index is 1080. The number of amides is 1. The van der Waals surface area contributed by atoms with E-state index in [1.165, 1.54) is 11.8 Å². The molecule has 29 heavy (non-hydrogen) atoms. The van der Waals surface area contributed by atoms with Crippen molar-refractivity contribution in [1.29, 1.82) is 0 Å². The molecule has 7 nitrogen and oxygen atoms in total. The zero-order valence-corrected chi connectivity index (χ0v) is 17.5. The van der Waals surface area contributed by atoms with Crippen LogP contribution in [0.1, 0.15) is 17.0 Å². The van der Waals surface area contributed by atoms with Gasteiger partial charge in [-0.15, -0.1) is 11.8 Å². The maximum atomic E-state index is 13.0. The predicted molar refractivity (Wildman–Crippen MR) is 114 cm³/mol. The molecule has 150 valence electrons. The fourth-order valence-corrected chi connectivity index (χ4v) is 4.94. The molecule has 0 unspecified atom stereocenters. The topological polar surface area (TPSA) is 90.0 Å². The fourth-order valence-electron chi connectivity index (χ4n) is 3.05. The van der Waals surface area contributed by atoms with Crippen LogP contribution in [0.3, 0.4) is 0 Å².